The number of likely N-dealkylation sites (tertiary alicyclic amines) is 1. The molecule has 3 heterocycles. The van der Waals surface area contributed by atoms with E-state index in [4.69, 9.17) is 5.73 Å². The highest BCUT2D eigenvalue weighted by molar-refractivity contribution is 6.05. The van der Waals surface area contributed by atoms with E-state index in [9.17, 15) is 9.18 Å². The minimum Gasteiger partial charge on any atom is -0.366 e. The molecule has 3 N–H and O–H groups in total. The summed E-state index contributed by atoms with van der Waals surface area (Å²) in [5.41, 5.74) is 8.47. The molecule has 0 aliphatic carbocycles. The number of nitrogens with two attached hydrogens (primary N) is 1. The van der Waals surface area contributed by atoms with E-state index >= 15 is 0 Å². The summed E-state index contributed by atoms with van der Waals surface area (Å²) in [6, 6.07) is 3.03. The number of hydrogen-bond acceptors (Lipinski definition) is 3. The molecule has 7 heteroatoms. The Morgan fingerprint density at radius 2 is 2.20 bits per heavy atom. The monoisotopic (exact) mass is 343 g/mol. The lowest BCUT2D eigenvalue weighted by atomic mass is 9.83. The van der Waals surface area contributed by atoms with Gasteiger partial charge in [-0.2, -0.15) is 5.10 Å². The second-order valence-electron chi connectivity index (χ2n) is 7.53. The van der Waals surface area contributed by atoms with Crippen LogP contribution in [0.1, 0.15) is 43.1 Å². The molecule has 1 aliphatic rings. The van der Waals surface area contributed by atoms with Gasteiger partial charge in [0.15, 0.2) is 0 Å². The molecule has 6 nitrogen and oxygen atoms in total. The number of halogens is 1. The van der Waals surface area contributed by atoms with Gasteiger partial charge in [-0.15, -0.1) is 0 Å². The lowest BCUT2D eigenvalue weighted by Crippen LogP contribution is -2.32. The van der Waals surface area contributed by atoms with Crippen molar-refractivity contribution in [3.05, 3.63) is 35.3 Å². The molecule has 25 heavy (non-hydrogen) atoms. The maximum atomic E-state index is 13.8. The third-order valence-electron chi connectivity index (χ3n) is 5.46. The summed E-state index contributed by atoms with van der Waals surface area (Å²) in [6.45, 7) is 8.60. The van der Waals surface area contributed by atoms with Crippen LogP contribution < -0.4 is 5.73 Å². The summed E-state index contributed by atoms with van der Waals surface area (Å²) < 4.78 is 15.5. The van der Waals surface area contributed by atoms with Gasteiger partial charge in [-0.1, -0.05) is 6.92 Å². The number of aromatic nitrogens is 3. The van der Waals surface area contributed by atoms with Gasteiger partial charge in [0.05, 0.1) is 17.3 Å². The van der Waals surface area contributed by atoms with Gasteiger partial charge >= 0.3 is 0 Å². The lowest BCUT2D eigenvalue weighted by molar-refractivity contribution is 0.100. The molecule has 132 valence electrons. The second-order valence-corrected chi connectivity index (χ2v) is 7.53. The molecule has 1 aromatic carbocycles. The molecule has 3 aromatic rings. The first-order chi connectivity index (χ1) is 11.8. The molecule has 4 rings (SSSR count). The van der Waals surface area contributed by atoms with E-state index < -0.39 is 11.7 Å². The van der Waals surface area contributed by atoms with Gasteiger partial charge in [-0.3, -0.25) is 4.79 Å². The Bertz CT molecular complexity index is 988. The highest BCUT2D eigenvalue weighted by Gasteiger charge is 2.39. The Morgan fingerprint density at radius 1 is 1.44 bits per heavy atom. The molecule has 2 aromatic heterocycles. The van der Waals surface area contributed by atoms with Gasteiger partial charge in [0.25, 0.3) is 5.91 Å². The number of H-pyrrole nitrogens is 1. The largest absolute Gasteiger partial charge is 0.366 e. The number of rotatable bonds is 3. The van der Waals surface area contributed by atoms with Crippen LogP contribution in [0.5, 0.6) is 0 Å². The van der Waals surface area contributed by atoms with Crippen molar-refractivity contribution in [2.75, 3.05) is 13.1 Å². The van der Waals surface area contributed by atoms with Crippen LogP contribution >= 0.6 is 0 Å². The Morgan fingerprint density at radius 3 is 2.84 bits per heavy atom. The number of carbonyl (C=O) groups is 1. The molecule has 0 bridgehead atoms. The van der Waals surface area contributed by atoms with Gasteiger partial charge < -0.3 is 15.6 Å². The molecule has 1 fully saturated rings. The van der Waals surface area contributed by atoms with Gasteiger partial charge in [0, 0.05) is 23.6 Å². The zero-order valence-corrected chi connectivity index (χ0v) is 14.6. The number of hydrogen-bond donors (Lipinski definition) is 2. The third kappa shape index (κ3) is 2.33. The Balaban J connectivity index is 1.91. The summed E-state index contributed by atoms with van der Waals surface area (Å²) in [5.74, 6) is -1.16. The smallest absolute Gasteiger partial charge is 0.251 e. The van der Waals surface area contributed by atoms with Crippen LogP contribution in [0.4, 0.5) is 4.39 Å². The lowest BCUT2D eigenvalue weighted by Gasteiger charge is -2.25. The fourth-order valence-electron chi connectivity index (χ4n) is 3.98. The predicted molar refractivity (Wildman–Crippen MR) is 94.2 cm³/mol. The summed E-state index contributed by atoms with van der Waals surface area (Å²) in [7, 11) is 0. The standard InChI is InChI=1S/C18H22FN5O/c1-10(2)23-5-4-18(3,9-23)13-8-21-24-15-12(16(20)25)6-11(19)7-14(15)22-17(13)24/h6-8,10,22H,4-5,9H2,1-3H3,(H2,20,25). The minimum atomic E-state index is -0.666. The van der Waals surface area contributed by atoms with Crippen LogP contribution in [0, 0.1) is 5.82 Å². The maximum Gasteiger partial charge on any atom is 0.251 e. The van der Waals surface area contributed by atoms with Gasteiger partial charge in [-0.25, -0.2) is 8.91 Å². The van der Waals surface area contributed by atoms with E-state index in [-0.39, 0.29) is 11.0 Å². The second kappa shape index (κ2) is 5.29. The number of benzene rings is 1. The van der Waals surface area contributed by atoms with Crippen molar-refractivity contribution in [3.8, 4) is 0 Å². The number of fused-ring (bicyclic) bond motifs is 3. The van der Waals surface area contributed by atoms with Crippen LogP contribution in [0.25, 0.3) is 16.7 Å². The SMILES string of the molecule is CC(C)N1CCC(C)(c2cnn3c2[nH]c2cc(F)cc(C(N)=O)c23)C1. The van der Waals surface area contributed by atoms with E-state index in [0.717, 1.165) is 36.8 Å². The van der Waals surface area contributed by atoms with E-state index in [2.05, 4.69) is 35.8 Å². The fourth-order valence-corrected chi connectivity index (χ4v) is 3.98. The molecule has 0 spiro atoms. The van der Waals surface area contributed by atoms with Crippen molar-refractivity contribution < 1.29 is 9.18 Å². The van der Waals surface area contributed by atoms with Gasteiger partial charge in [0.2, 0.25) is 0 Å². The zero-order valence-electron chi connectivity index (χ0n) is 14.6. The van der Waals surface area contributed by atoms with Crippen LogP contribution in [0.2, 0.25) is 0 Å². The summed E-state index contributed by atoms with van der Waals surface area (Å²) in [5, 5.41) is 4.48. The summed E-state index contributed by atoms with van der Waals surface area (Å²) in [4.78, 5) is 17.4. The summed E-state index contributed by atoms with van der Waals surface area (Å²) in [6.07, 6.45) is 2.88. The minimum absolute atomic E-state index is 0.0433. The molecule has 1 aliphatic heterocycles. The van der Waals surface area contributed by atoms with E-state index in [1.807, 2.05) is 6.20 Å². The third-order valence-corrected chi connectivity index (χ3v) is 5.46. The van der Waals surface area contributed by atoms with Crippen LogP contribution in [-0.4, -0.2) is 44.5 Å². The number of imidazole rings is 1. The highest BCUT2D eigenvalue weighted by atomic mass is 19.1. The average molecular weight is 343 g/mol. The van der Waals surface area contributed by atoms with Crippen molar-refractivity contribution in [3.63, 3.8) is 0 Å². The predicted octanol–water partition coefficient (Wildman–Crippen LogP) is 2.43. The van der Waals surface area contributed by atoms with E-state index in [0.29, 0.717) is 17.1 Å². The molecule has 1 atom stereocenters. The van der Waals surface area contributed by atoms with Crippen LogP contribution in [0.3, 0.4) is 0 Å². The molecular weight excluding hydrogens is 321 g/mol. The van der Waals surface area contributed by atoms with Crippen molar-refractivity contribution >= 4 is 22.6 Å². The van der Waals surface area contributed by atoms with Crippen LogP contribution in [0.15, 0.2) is 18.3 Å². The van der Waals surface area contributed by atoms with Crippen molar-refractivity contribution in [1.29, 1.82) is 0 Å². The van der Waals surface area contributed by atoms with Crippen molar-refractivity contribution in [1.82, 2.24) is 19.5 Å². The first-order valence-electron chi connectivity index (χ1n) is 8.53. The Hall–Kier alpha value is -2.41. The average Bonchev–Trinajstić information content (AvgIpc) is 3.19. The van der Waals surface area contributed by atoms with Crippen LogP contribution in [-0.2, 0) is 5.41 Å². The maximum absolute atomic E-state index is 13.8. The molecule has 0 saturated carbocycles. The first-order valence-corrected chi connectivity index (χ1v) is 8.53. The number of amides is 1. The van der Waals surface area contributed by atoms with Crippen molar-refractivity contribution in [2.45, 2.75) is 38.6 Å². The van der Waals surface area contributed by atoms with E-state index in [1.165, 1.54) is 6.07 Å². The molecule has 1 amide bonds. The van der Waals surface area contributed by atoms with Gasteiger partial charge in [-0.05, 0) is 38.9 Å². The Kier molecular flexibility index (Phi) is 3.40. The normalized spacial score (nSPS) is 21.8. The quantitative estimate of drug-likeness (QED) is 0.766. The molecular formula is C18H22FN5O. The number of nitrogens with one attached hydrogen (secondary N) is 1. The zero-order chi connectivity index (χ0) is 17.9. The fraction of sp³-hybridized carbons (Fsp3) is 0.444. The molecule has 1 unspecified atom stereocenters. The number of carbonyl (C=O) groups excluding carboxylic acids is 1. The highest BCUT2D eigenvalue weighted by Crippen LogP contribution is 2.38. The van der Waals surface area contributed by atoms with Crippen molar-refractivity contribution in [2.24, 2.45) is 5.73 Å². The number of nitrogens with zero attached hydrogens (tertiary/aromatic N) is 3. The molecule has 0 radical (unpaired) electrons. The topological polar surface area (TPSA) is 79.4 Å². The molecule has 1 saturated heterocycles. The number of primary amides is 1. The summed E-state index contributed by atoms with van der Waals surface area (Å²) >= 11 is 0. The Labute approximate surface area is 144 Å². The van der Waals surface area contributed by atoms with E-state index in [1.54, 1.807) is 4.52 Å². The first kappa shape index (κ1) is 16.1. The number of aromatic amines is 1. The van der Waals surface area contributed by atoms with Gasteiger partial charge in [0.1, 0.15) is 17.0 Å².